The van der Waals surface area contributed by atoms with Crippen molar-refractivity contribution in [3.8, 4) is 11.5 Å². The molecule has 4 nitrogen and oxygen atoms in total. The van der Waals surface area contributed by atoms with Gasteiger partial charge in [-0.1, -0.05) is 78.6 Å². The second kappa shape index (κ2) is 10.2. The zero-order chi connectivity index (χ0) is 26.0. The van der Waals surface area contributed by atoms with Gasteiger partial charge >= 0.3 is 0 Å². The van der Waals surface area contributed by atoms with Crippen LogP contribution in [0.4, 0.5) is 0 Å². The van der Waals surface area contributed by atoms with E-state index in [0.29, 0.717) is 0 Å². The molecule has 1 aliphatic carbocycles. The smallest absolute Gasteiger partial charge is 0.175 e. The van der Waals surface area contributed by atoms with Crippen LogP contribution >= 0.6 is 0 Å². The largest absolute Gasteiger partial charge is 0.486 e. The van der Waals surface area contributed by atoms with Crippen LogP contribution in [0, 0.1) is 24.7 Å². The summed E-state index contributed by atoms with van der Waals surface area (Å²) in [5.74, 6) is 1.72. The van der Waals surface area contributed by atoms with Crippen LogP contribution in [0.2, 0.25) is 0 Å². The van der Waals surface area contributed by atoms with Gasteiger partial charge < -0.3 is 9.47 Å². The van der Waals surface area contributed by atoms with E-state index in [4.69, 9.17) is 9.47 Å². The zero-order valence-corrected chi connectivity index (χ0v) is 22.8. The van der Waals surface area contributed by atoms with E-state index < -0.39 is 10.8 Å². The normalized spacial score (nSPS) is 15.7. The fourth-order valence-corrected chi connectivity index (χ4v) is 4.66. The minimum atomic E-state index is -0.407. The van der Waals surface area contributed by atoms with Gasteiger partial charge in [-0.15, -0.1) is 0 Å². The van der Waals surface area contributed by atoms with Crippen molar-refractivity contribution in [1.29, 1.82) is 0 Å². The Kier molecular flexibility index (Phi) is 7.83. The fraction of sp³-hybridized carbons (Fsp3) is 0.548. The van der Waals surface area contributed by atoms with Crippen molar-refractivity contribution >= 4 is 11.6 Å². The lowest BCUT2D eigenvalue weighted by atomic mass is 9.72. The van der Waals surface area contributed by atoms with Crippen molar-refractivity contribution in [3.05, 3.63) is 58.7 Å². The average molecular weight is 479 g/mol. The van der Waals surface area contributed by atoms with Crippen molar-refractivity contribution in [2.75, 3.05) is 13.2 Å². The molecule has 0 bridgehead atoms. The summed E-state index contributed by atoms with van der Waals surface area (Å²) < 4.78 is 11.8. The molecule has 0 aliphatic heterocycles. The molecule has 0 saturated heterocycles. The van der Waals surface area contributed by atoms with E-state index in [1.54, 1.807) is 0 Å². The molecule has 35 heavy (non-hydrogen) atoms. The first-order valence-electron chi connectivity index (χ1n) is 12.8. The van der Waals surface area contributed by atoms with Crippen molar-refractivity contribution < 1.29 is 19.1 Å². The van der Waals surface area contributed by atoms with Gasteiger partial charge in [0.2, 0.25) is 0 Å². The first-order valence-corrected chi connectivity index (χ1v) is 12.8. The molecule has 2 aromatic carbocycles. The van der Waals surface area contributed by atoms with Crippen LogP contribution in [0.5, 0.6) is 11.5 Å². The van der Waals surface area contributed by atoms with E-state index in [-0.39, 0.29) is 30.2 Å². The lowest BCUT2D eigenvalue weighted by Crippen LogP contribution is -2.27. The maximum atomic E-state index is 12.3. The maximum absolute atomic E-state index is 12.3. The quantitative estimate of drug-likeness (QED) is 0.404. The Labute approximate surface area is 211 Å². The molecule has 0 atom stereocenters. The highest BCUT2D eigenvalue weighted by atomic mass is 16.5. The van der Waals surface area contributed by atoms with Crippen LogP contribution in [0.25, 0.3) is 0 Å². The van der Waals surface area contributed by atoms with Crippen LogP contribution in [0.15, 0.2) is 36.4 Å². The highest BCUT2D eigenvalue weighted by molar-refractivity contribution is 5.85. The Morgan fingerprint density at radius 3 is 1.40 bits per heavy atom. The molecule has 0 heterocycles. The van der Waals surface area contributed by atoms with Crippen molar-refractivity contribution in [3.63, 3.8) is 0 Å². The van der Waals surface area contributed by atoms with E-state index >= 15 is 0 Å². The average Bonchev–Trinajstić information content (AvgIpc) is 3.26. The number of Topliss-reactive ketones (excluding diaryl/α,β-unsaturated/α-hetero) is 2. The number of aryl methyl sites for hydroxylation is 2. The van der Waals surface area contributed by atoms with Crippen LogP contribution in [-0.2, 0) is 15.0 Å². The molecule has 0 aromatic heterocycles. The van der Waals surface area contributed by atoms with Gasteiger partial charge in [0.1, 0.15) is 24.7 Å². The Hall–Kier alpha value is -2.62. The van der Waals surface area contributed by atoms with Crippen molar-refractivity contribution in [2.45, 2.75) is 86.5 Å². The van der Waals surface area contributed by atoms with Crippen molar-refractivity contribution in [2.24, 2.45) is 10.8 Å². The van der Waals surface area contributed by atoms with Gasteiger partial charge in [0.15, 0.2) is 11.6 Å². The van der Waals surface area contributed by atoms with Crippen LogP contribution in [-0.4, -0.2) is 24.8 Å². The summed E-state index contributed by atoms with van der Waals surface area (Å²) in [5.41, 5.74) is 3.82. The first kappa shape index (κ1) is 27.0. The number of rotatable bonds is 8. The second-order valence-corrected chi connectivity index (χ2v) is 12.2. The number of ether oxygens (including phenoxy) is 2. The number of carbonyl (C=O) groups excluding carboxylic acids is 2. The summed E-state index contributed by atoms with van der Waals surface area (Å²) in [5, 5.41) is 0. The van der Waals surface area contributed by atoms with Gasteiger partial charge in [-0.2, -0.15) is 0 Å². The number of hydrogen-bond acceptors (Lipinski definition) is 4. The van der Waals surface area contributed by atoms with Gasteiger partial charge in [0.05, 0.1) is 0 Å². The highest BCUT2D eigenvalue weighted by Crippen LogP contribution is 2.48. The molecule has 0 N–H and O–H groups in total. The minimum absolute atomic E-state index is 0.0466. The van der Waals surface area contributed by atoms with E-state index in [2.05, 4.69) is 38.1 Å². The minimum Gasteiger partial charge on any atom is -0.486 e. The van der Waals surface area contributed by atoms with Gasteiger partial charge in [0, 0.05) is 16.2 Å². The second-order valence-electron chi connectivity index (χ2n) is 12.2. The predicted octanol–water partition coefficient (Wildman–Crippen LogP) is 7.15. The lowest BCUT2D eigenvalue weighted by molar-refractivity contribution is -0.129. The van der Waals surface area contributed by atoms with E-state index in [1.807, 2.05) is 53.7 Å². The third-order valence-electron chi connectivity index (χ3n) is 7.30. The van der Waals surface area contributed by atoms with Crippen molar-refractivity contribution in [1.82, 2.24) is 0 Å². The standard InChI is InChI=1S/C31H42O4/c1-21-17-23(11-13-25(21)34-19-27(32)29(3,4)5)31(15-9-10-16-31)24-12-14-26(22(2)18-24)35-20-28(33)30(6,7)8/h11-14,17-18H,9-10,15-16,19-20H2,1-8H3. The summed E-state index contributed by atoms with van der Waals surface area (Å²) in [6.07, 6.45) is 4.57. The number of carbonyl (C=O) groups is 2. The summed E-state index contributed by atoms with van der Waals surface area (Å²) in [6, 6.07) is 12.8. The summed E-state index contributed by atoms with van der Waals surface area (Å²) in [7, 11) is 0. The Bertz CT molecular complexity index is 995. The highest BCUT2D eigenvalue weighted by Gasteiger charge is 2.38. The molecule has 1 saturated carbocycles. The number of benzene rings is 2. The molecule has 3 rings (SSSR count). The van der Waals surface area contributed by atoms with Gasteiger partial charge in [0.25, 0.3) is 0 Å². The molecular weight excluding hydrogens is 436 g/mol. The maximum Gasteiger partial charge on any atom is 0.175 e. The van der Waals surface area contributed by atoms with E-state index in [0.717, 1.165) is 35.5 Å². The SMILES string of the molecule is Cc1cc(C2(c3ccc(OCC(=O)C(C)(C)C)c(C)c3)CCCC2)ccc1OCC(=O)C(C)(C)C. The first-order chi connectivity index (χ1) is 16.2. The molecule has 0 spiro atoms. The molecule has 2 aromatic rings. The van der Waals surface area contributed by atoms with Gasteiger partial charge in [-0.05, 0) is 61.1 Å². The predicted molar refractivity (Wildman–Crippen MR) is 142 cm³/mol. The lowest BCUT2D eigenvalue weighted by Gasteiger charge is -2.32. The number of ketones is 2. The fourth-order valence-electron chi connectivity index (χ4n) is 4.66. The Morgan fingerprint density at radius 1 is 0.714 bits per heavy atom. The van der Waals surface area contributed by atoms with Crippen LogP contribution in [0.3, 0.4) is 0 Å². The molecule has 0 unspecified atom stereocenters. The van der Waals surface area contributed by atoms with Crippen LogP contribution < -0.4 is 9.47 Å². The molecule has 0 amide bonds. The summed E-state index contributed by atoms with van der Waals surface area (Å²) >= 11 is 0. The van der Waals surface area contributed by atoms with Gasteiger partial charge in [-0.25, -0.2) is 0 Å². The Balaban J connectivity index is 1.83. The van der Waals surface area contributed by atoms with Gasteiger partial charge in [-0.3, -0.25) is 9.59 Å². The molecule has 0 radical (unpaired) electrons. The molecule has 1 aliphatic rings. The third kappa shape index (κ3) is 6.15. The topological polar surface area (TPSA) is 52.6 Å². The molecular formula is C31H42O4. The Morgan fingerprint density at radius 2 is 1.09 bits per heavy atom. The summed E-state index contributed by atoms with van der Waals surface area (Å²) in [4.78, 5) is 24.6. The molecule has 1 fully saturated rings. The summed E-state index contributed by atoms with van der Waals surface area (Å²) in [6.45, 7) is 15.8. The van der Waals surface area contributed by atoms with E-state index in [9.17, 15) is 9.59 Å². The van der Waals surface area contributed by atoms with Crippen LogP contribution in [0.1, 0.15) is 89.5 Å². The van der Waals surface area contributed by atoms with E-state index in [1.165, 1.54) is 24.0 Å². The number of hydrogen-bond donors (Lipinski definition) is 0. The monoisotopic (exact) mass is 478 g/mol. The third-order valence-corrected chi connectivity index (χ3v) is 7.30. The molecule has 190 valence electrons. The molecule has 4 heteroatoms. The zero-order valence-electron chi connectivity index (χ0n) is 22.8.